The monoisotopic (exact) mass is 182 g/mol. The van der Waals surface area contributed by atoms with Gasteiger partial charge in [0.2, 0.25) is 0 Å². The third-order valence-electron chi connectivity index (χ3n) is 3.82. The van der Waals surface area contributed by atoms with Gasteiger partial charge in [0.05, 0.1) is 0 Å². The maximum atomic E-state index is 2.43. The first-order chi connectivity index (χ1) is 6.15. The Labute approximate surface area is 84.1 Å². The average Bonchev–Trinajstić information content (AvgIpc) is 2.04. The van der Waals surface area contributed by atoms with E-state index in [1.165, 1.54) is 32.1 Å². The van der Waals surface area contributed by atoms with Gasteiger partial charge in [-0.2, -0.15) is 0 Å². The lowest BCUT2D eigenvalue weighted by molar-refractivity contribution is 0.135. The van der Waals surface area contributed by atoms with Crippen LogP contribution in [-0.4, -0.2) is 0 Å². The molecule has 3 unspecified atom stereocenters. The molecule has 0 aromatic carbocycles. The van der Waals surface area contributed by atoms with Gasteiger partial charge in [-0.3, -0.25) is 0 Å². The molecule has 0 aliphatic heterocycles. The van der Waals surface area contributed by atoms with E-state index in [4.69, 9.17) is 0 Å². The fraction of sp³-hybridized carbons (Fsp3) is 1.00. The van der Waals surface area contributed by atoms with Gasteiger partial charge in [-0.05, 0) is 36.5 Å². The molecular formula is C13H26. The average molecular weight is 182 g/mol. The van der Waals surface area contributed by atoms with Crippen LogP contribution in [0.25, 0.3) is 0 Å². The minimum Gasteiger partial charge on any atom is -0.0654 e. The molecule has 0 aromatic heterocycles. The van der Waals surface area contributed by atoms with Crippen LogP contribution in [-0.2, 0) is 0 Å². The fourth-order valence-electron chi connectivity index (χ4n) is 3.10. The molecule has 1 aliphatic rings. The first-order valence-electron chi connectivity index (χ1n) is 6.15. The number of hydrogen-bond donors (Lipinski definition) is 0. The molecule has 3 atom stereocenters. The highest BCUT2D eigenvalue weighted by Crippen LogP contribution is 2.40. The van der Waals surface area contributed by atoms with Crippen LogP contribution in [0.4, 0.5) is 0 Å². The van der Waals surface area contributed by atoms with Gasteiger partial charge in [0.25, 0.3) is 0 Å². The summed E-state index contributed by atoms with van der Waals surface area (Å²) in [5.41, 5.74) is 0. The highest BCUT2D eigenvalue weighted by Gasteiger charge is 2.29. The molecule has 1 aliphatic carbocycles. The second kappa shape index (κ2) is 5.02. The van der Waals surface area contributed by atoms with Gasteiger partial charge in [0.1, 0.15) is 0 Å². The van der Waals surface area contributed by atoms with Gasteiger partial charge in [-0.15, -0.1) is 0 Å². The molecule has 0 radical (unpaired) electrons. The molecule has 0 heteroatoms. The van der Waals surface area contributed by atoms with Crippen molar-refractivity contribution >= 4 is 0 Å². The Morgan fingerprint density at radius 2 is 1.92 bits per heavy atom. The van der Waals surface area contributed by atoms with Gasteiger partial charge in [0, 0.05) is 0 Å². The van der Waals surface area contributed by atoms with E-state index < -0.39 is 0 Å². The molecule has 0 heterocycles. The minimum atomic E-state index is 0.907. The van der Waals surface area contributed by atoms with Crippen LogP contribution in [0.5, 0.6) is 0 Å². The third kappa shape index (κ3) is 3.00. The molecule has 0 saturated heterocycles. The lowest BCUT2D eigenvalue weighted by Crippen LogP contribution is -2.27. The van der Waals surface area contributed by atoms with Gasteiger partial charge in [-0.1, -0.05) is 47.0 Å². The van der Waals surface area contributed by atoms with Crippen molar-refractivity contribution in [2.24, 2.45) is 23.7 Å². The Bertz CT molecular complexity index is 137. The van der Waals surface area contributed by atoms with Gasteiger partial charge >= 0.3 is 0 Å². The van der Waals surface area contributed by atoms with Crippen molar-refractivity contribution in [3.05, 3.63) is 0 Å². The molecule has 0 amide bonds. The molecule has 1 rings (SSSR count). The Morgan fingerprint density at radius 1 is 1.23 bits per heavy atom. The van der Waals surface area contributed by atoms with Crippen LogP contribution in [0.15, 0.2) is 0 Å². The van der Waals surface area contributed by atoms with Gasteiger partial charge in [0.15, 0.2) is 0 Å². The fourth-order valence-corrected chi connectivity index (χ4v) is 3.10. The topological polar surface area (TPSA) is 0 Å². The molecule has 13 heavy (non-hydrogen) atoms. The Kier molecular flexibility index (Phi) is 4.28. The normalized spacial score (nSPS) is 35.3. The van der Waals surface area contributed by atoms with Crippen LogP contribution in [0.2, 0.25) is 0 Å². The van der Waals surface area contributed by atoms with E-state index in [2.05, 4.69) is 27.7 Å². The zero-order valence-electron chi connectivity index (χ0n) is 9.84. The molecular weight excluding hydrogens is 156 g/mol. The Hall–Kier alpha value is 0. The van der Waals surface area contributed by atoms with Crippen LogP contribution in [0, 0.1) is 23.7 Å². The van der Waals surface area contributed by atoms with Crippen LogP contribution in [0.3, 0.4) is 0 Å². The summed E-state index contributed by atoms with van der Waals surface area (Å²) in [5.74, 6) is 3.96. The third-order valence-corrected chi connectivity index (χ3v) is 3.82. The molecule has 0 spiro atoms. The van der Waals surface area contributed by atoms with Crippen LogP contribution in [0.1, 0.15) is 59.8 Å². The summed E-state index contributed by atoms with van der Waals surface area (Å²) in [6, 6.07) is 0. The first kappa shape index (κ1) is 11.1. The summed E-state index contributed by atoms with van der Waals surface area (Å²) < 4.78 is 0. The van der Waals surface area contributed by atoms with Gasteiger partial charge in [-0.25, -0.2) is 0 Å². The molecule has 0 nitrogen and oxygen atoms in total. The largest absolute Gasteiger partial charge is 0.0654 e. The summed E-state index contributed by atoms with van der Waals surface area (Å²) in [6.07, 6.45) is 7.30. The summed E-state index contributed by atoms with van der Waals surface area (Å²) in [4.78, 5) is 0. The van der Waals surface area contributed by atoms with Crippen molar-refractivity contribution in [1.82, 2.24) is 0 Å². The molecule has 78 valence electrons. The van der Waals surface area contributed by atoms with Crippen molar-refractivity contribution in [3.8, 4) is 0 Å². The molecule has 1 fully saturated rings. The summed E-state index contributed by atoms with van der Waals surface area (Å²) >= 11 is 0. The van der Waals surface area contributed by atoms with E-state index in [0.717, 1.165) is 23.7 Å². The maximum absolute atomic E-state index is 2.43. The Morgan fingerprint density at radius 3 is 2.46 bits per heavy atom. The van der Waals surface area contributed by atoms with Crippen LogP contribution < -0.4 is 0 Å². The minimum absolute atomic E-state index is 0.907. The molecule has 0 N–H and O–H groups in total. The van der Waals surface area contributed by atoms with E-state index in [0.29, 0.717) is 0 Å². The first-order valence-corrected chi connectivity index (χ1v) is 6.15. The second-order valence-electron chi connectivity index (χ2n) is 5.37. The maximum Gasteiger partial charge on any atom is -0.0362 e. The van der Waals surface area contributed by atoms with E-state index in [1.807, 2.05) is 0 Å². The van der Waals surface area contributed by atoms with E-state index in [9.17, 15) is 0 Å². The number of hydrogen-bond acceptors (Lipinski definition) is 0. The second-order valence-corrected chi connectivity index (χ2v) is 5.37. The predicted octanol–water partition coefficient (Wildman–Crippen LogP) is 4.49. The molecule has 0 aromatic rings. The van der Waals surface area contributed by atoms with E-state index >= 15 is 0 Å². The lowest BCUT2D eigenvalue weighted by Gasteiger charge is -2.37. The van der Waals surface area contributed by atoms with Crippen molar-refractivity contribution in [2.75, 3.05) is 0 Å². The highest BCUT2D eigenvalue weighted by molar-refractivity contribution is 4.80. The summed E-state index contributed by atoms with van der Waals surface area (Å²) in [7, 11) is 0. The number of rotatable bonds is 3. The van der Waals surface area contributed by atoms with E-state index in [-0.39, 0.29) is 0 Å². The van der Waals surface area contributed by atoms with Crippen molar-refractivity contribution in [1.29, 1.82) is 0 Å². The Balaban J connectivity index is 2.50. The zero-order chi connectivity index (χ0) is 9.84. The van der Waals surface area contributed by atoms with Crippen molar-refractivity contribution < 1.29 is 0 Å². The van der Waals surface area contributed by atoms with Crippen molar-refractivity contribution in [2.45, 2.75) is 59.8 Å². The van der Waals surface area contributed by atoms with Crippen LogP contribution >= 0.6 is 0 Å². The SMILES string of the molecule is CCCC1CC(C)CCC1C(C)C. The predicted molar refractivity (Wildman–Crippen MR) is 59.7 cm³/mol. The molecule has 1 saturated carbocycles. The summed E-state index contributed by atoms with van der Waals surface area (Å²) in [5, 5.41) is 0. The lowest BCUT2D eigenvalue weighted by atomic mass is 9.69. The van der Waals surface area contributed by atoms with Gasteiger partial charge < -0.3 is 0 Å². The quantitative estimate of drug-likeness (QED) is 0.603. The standard InChI is InChI=1S/C13H26/c1-5-6-12-9-11(4)7-8-13(12)10(2)3/h10-13H,5-9H2,1-4H3. The van der Waals surface area contributed by atoms with Crippen molar-refractivity contribution in [3.63, 3.8) is 0 Å². The van der Waals surface area contributed by atoms with E-state index in [1.54, 1.807) is 0 Å². The smallest absolute Gasteiger partial charge is 0.0362 e. The summed E-state index contributed by atoms with van der Waals surface area (Å²) in [6.45, 7) is 9.57. The molecule has 0 bridgehead atoms. The highest BCUT2D eigenvalue weighted by atomic mass is 14.3. The zero-order valence-corrected chi connectivity index (χ0v) is 9.84.